The lowest BCUT2D eigenvalue weighted by Crippen LogP contribution is -2.33. The molecule has 0 amide bonds. The molecule has 0 atom stereocenters. The van der Waals surface area contributed by atoms with Crippen molar-refractivity contribution in [3.63, 3.8) is 0 Å². The van der Waals surface area contributed by atoms with Gasteiger partial charge in [-0.05, 0) is 28.8 Å². The van der Waals surface area contributed by atoms with Gasteiger partial charge < -0.3 is 20.5 Å². The van der Waals surface area contributed by atoms with Crippen LogP contribution >= 0.6 is 0 Å². The first-order valence-electron chi connectivity index (χ1n) is 5.66. The minimum Gasteiger partial charge on any atom is -0.388 e. The Morgan fingerprint density at radius 3 is 2.71 bits per heavy atom. The highest BCUT2D eigenvalue weighted by Gasteiger charge is 2.30. The third kappa shape index (κ3) is 2.91. The van der Waals surface area contributed by atoms with Crippen LogP contribution in [-0.4, -0.2) is 27.2 Å². The predicted octanol–water partition coefficient (Wildman–Crippen LogP) is 1.71. The Labute approximate surface area is 98.8 Å². The number of aromatic nitrogens is 1. The van der Waals surface area contributed by atoms with E-state index in [4.69, 9.17) is 0 Å². The van der Waals surface area contributed by atoms with E-state index in [2.05, 4.69) is 10.3 Å². The molecule has 1 fully saturated rings. The van der Waals surface area contributed by atoms with Crippen molar-refractivity contribution < 1.29 is 10.0 Å². The Hall–Kier alpha value is -1.69. The smallest absolute Gasteiger partial charge is 0.363 e. The summed E-state index contributed by atoms with van der Waals surface area (Å²) in [4.78, 5) is 13.6. The lowest BCUT2D eigenvalue weighted by Gasteiger charge is -2.22. The third-order valence-electron chi connectivity index (χ3n) is 3.09. The predicted molar refractivity (Wildman–Crippen MR) is 62.8 cm³/mol. The molecule has 0 unspecified atom stereocenters. The molecule has 1 aliphatic rings. The van der Waals surface area contributed by atoms with Gasteiger partial charge in [0.25, 0.3) is 0 Å². The quantitative estimate of drug-likeness (QED) is 0.614. The molecule has 0 radical (unpaired) electrons. The largest absolute Gasteiger partial charge is 0.388 e. The van der Waals surface area contributed by atoms with Crippen LogP contribution in [0.3, 0.4) is 0 Å². The van der Waals surface area contributed by atoms with Crippen molar-refractivity contribution in [1.29, 1.82) is 0 Å². The summed E-state index contributed by atoms with van der Waals surface area (Å²) in [6.45, 7) is 0.465. The average Bonchev–Trinajstić information content (AvgIpc) is 2.75. The topological polar surface area (TPSA) is 88.3 Å². The van der Waals surface area contributed by atoms with Gasteiger partial charge in [0.05, 0.1) is 11.3 Å². The lowest BCUT2D eigenvalue weighted by molar-refractivity contribution is -0.389. The molecule has 1 aliphatic carbocycles. The van der Waals surface area contributed by atoms with E-state index in [1.54, 1.807) is 6.07 Å². The summed E-state index contributed by atoms with van der Waals surface area (Å²) in [6.07, 6.45) is 5.13. The van der Waals surface area contributed by atoms with Gasteiger partial charge in [-0.3, -0.25) is 0 Å². The van der Waals surface area contributed by atoms with E-state index >= 15 is 0 Å². The van der Waals surface area contributed by atoms with Crippen LogP contribution in [0.5, 0.6) is 0 Å². The molecular formula is C11H15N3O3. The zero-order valence-corrected chi connectivity index (χ0v) is 9.43. The van der Waals surface area contributed by atoms with Gasteiger partial charge in [0.15, 0.2) is 6.20 Å². The zero-order valence-electron chi connectivity index (χ0n) is 9.43. The molecule has 0 bridgehead atoms. The standard InChI is InChI=1S/C11H15N3O3/c15-11(5-1-2-6-11)8-13-9-3-4-10(12-7-9)14(16)17/h3-4,7,13,15H,1-2,5-6,8H2. The molecule has 2 N–H and O–H groups in total. The highest BCUT2D eigenvalue weighted by atomic mass is 16.6. The fourth-order valence-electron chi connectivity index (χ4n) is 2.08. The fourth-order valence-corrected chi connectivity index (χ4v) is 2.08. The number of pyridine rings is 1. The number of nitro groups is 1. The second-order valence-corrected chi connectivity index (χ2v) is 4.45. The van der Waals surface area contributed by atoms with E-state index in [1.807, 2.05) is 0 Å². The number of anilines is 1. The molecule has 0 aliphatic heterocycles. The molecule has 6 heteroatoms. The van der Waals surface area contributed by atoms with Gasteiger partial charge >= 0.3 is 5.82 Å². The van der Waals surface area contributed by atoms with Crippen LogP contribution in [0.4, 0.5) is 11.5 Å². The zero-order chi connectivity index (χ0) is 12.3. The minimum absolute atomic E-state index is 0.171. The van der Waals surface area contributed by atoms with Gasteiger partial charge in [0, 0.05) is 12.6 Å². The van der Waals surface area contributed by atoms with Crippen molar-refractivity contribution in [2.45, 2.75) is 31.3 Å². The van der Waals surface area contributed by atoms with Crippen molar-refractivity contribution in [3.8, 4) is 0 Å². The van der Waals surface area contributed by atoms with Crippen LogP contribution in [-0.2, 0) is 0 Å². The Bertz CT molecular complexity index is 399. The summed E-state index contributed by atoms with van der Waals surface area (Å²) < 4.78 is 0. The molecule has 0 saturated heterocycles. The summed E-state index contributed by atoms with van der Waals surface area (Å²) in [6, 6.07) is 2.95. The number of aliphatic hydroxyl groups is 1. The van der Waals surface area contributed by atoms with Gasteiger partial charge in [-0.1, -0.05) is 12.8 Å². The number of rotatable bonds is 4. The Kier molecular flexibility index (Phi) is 3.23. The third-order valence-corrected chi connectivity index (χ3v) is 3.09. The fraction of sp³-hybridized carbons (Fsp3) is 0.545. The van der Waals surface area contributed by atoms with Gasteiger partial charge in [-0.2, -0.15) is 0 Å². The Morgan fingerprint density at radius 2 is 2.18 bits per heavy atom. The van der Waals surface area contributed by atoms with E-state index in [-0.39, 0.29) is 5.82 Å². The number of nitrogens with zero attached hydrogens (tertiary/aromatic N) is 2. The molecule has 1 heterocycles. The van der Waals surface area contributed by atoms with E-state index in [0.717, 1.165) is 25.7 Å². The summed E-state index contributed by atoms with van der Waals surface area (Å²) in [5.74, 6) is -0.171. The maximum absolute atomic E-state index is 10.4. The molecule has 92 valence electrons. The minimum atomic E-state index is -0.637. The van der Waals surface area contributed by atoms with Crippen molar-refractivity contribution in [2.24, 2.45) is 0 Å². The summed E-state index contributed by atoms with van der Waals surface area (Å²) in [5, 5.41) is 23.6. The monoisotopic (exact) mass is 237 g/mol. The van der Waals surface area contributed by atoms with Crippen molar-refractivity contribution >= 4 is 11.5 Å². The molecule has 1 aromatic heterocycles. The molecule has 0 spiro atoms. The molecule has 2 rings (SSSR count). The maximum atomic E-state index is 10.4. The number of nitrogens with one attached hydrogen (secondary N) is 1. The summed E-state index contributed by atoms with van der Waals surface area (Å²) in [5.41, 5.74) is 0.0535. The van der Waals surface area contributed by atoms with Gasteiger partial charge in [-0.25, -0.2) is 0 Å². The van der Waals surface area contributed by atoms with Gasteiger partial charge in [-0.15, -0.1) is 0 Å². The first-order chi connectivity index (χ1) is 8.09. The molecule has 17 heavy (non-hydrogen) atoms. The molecule has 1 aromatic rings. The second kappa shape index (κ2) is 4.67. The van der Waals surface area contributed by atoms with Gasteiger partial charge in [0.2, 0.25) is 0 Å². The Morgan fingerprint density at radius 1 is 1.47 bits per heavy atom. The van der Waals surface area contributed by atoms with Crippen LogP contribution in [0.25, 0.3) is 0 Å². The number of hydrogen-bond donors (Lipinski definition) is 2. The molecule has 1 saturated carbocycles. The molecule has 0 aromatic carbocycles. The Balaban J connectivity index is 1.93. The molecular weight excluding hydrogens is 222 g/mol. The first kappa shape index (κ1) is 11.8. The van der Waals surface area contributed by atoms with Crippen molar-refractivity contribution in [2.75, 3.05) is 11.9 Å². The summed E-state index contributed by atoms with van der Waals surface area (Å²) in [7, 11) is 0. The van der Waals surface area contributed by atoms with E-state index < -0.39 is 10.5 Å². The maximum Gasteiger partial charge on any atom is 0.363 e. The first-order valence-corrected chi connectivity index (χ1v) is 5.66. The second-order valence-electron chi connectivity index (χ2n) is 4.45. The molecule has 6 nitrogen and oxygen atoms in total. The highest BCUT2D eigenvalue weighted by molar-refractivity contribution is 5.43. The summed E-state index contributed by atoms with van der Waals surface area (Å²) >= 11 is 0. The average molecular weight is 237 g/mol. The van der Waals surface area contributed by atoms with Crippen LogP contribution < -0.4 is 5.32 Å². The van der Waals surface area contributed by atoms with Crippen LogP contribution in [0, 0.1) is 10.1 Å². The van der Waals surface area contributed by atoms with Crippen molar-refractivity contribution in [3.05, 3.63) is 28.4 Å². The number of hydrogen-bond acceptors (Lipinski definition) is 5. The van der Waals surface area contributed by atoms with Crippen LogP contribution in [0.15, 0.2) is 18.3 Å². The highest BCUT2D eigenvalue weighted by Crippen LogP contribution is 2.29. The van der Waals surface area contributed by atoms with E-state index in [9.17, 15) is 15.2 Å². The van der Waals surface area contributed by atoms with E-state index in [0.29, 0.717) is 12.2 Å². The normalized spacial score (nSPS) is 17.9. The van der Waals surface area contributed by atoms with E-state index in [1.165, 1.54) is 12.3 Å². The lowest BCUT2D eigenvalue weighted by atomic mass is 10.0. The van der Waals surface area contributed by atoms with Crippen LogP contribution in [0.2, 0.25) is 0 Å². The van der Waals surface area contributed by atoms with Crippen LogP contribution in [0.1, 0.15) is 25.7 Å². The van der Waals surface area contributed by atoms with Crippen molar-refractivity contribution in [1.82, 2.24) is 4.98 Å². The van der Waals surface area contributed by atoms with Gasteiger partial charge in [0.1, 0.15) is 0 Å². The SMILES string of the molecule is O=[N+]([O-])c1ccc(NCC2(O)CCCC2)cn1.